The van der Waals surface area contributed by atoms with Gasteiger partial charge < -0.3 is 15.2 Å². The summed E-state index contributed by atoms with van der Waals surface area (Å²) >= 11 is 3.47. The van der Waals surface area contributed by atoms with Crippen LogP contribution in [0.25, 0.3) is 0 Å². The van der Waals surface area contributed by atoms with Gasteiger partial charge in [0.2, 0.25) is 0 Å². The standard InChI is InChI=1S/C17H18BrNO2/c1-20-17-7-3-13(18)8-12(17)10-21-14-4-5-15-11(9-14)2-6-16(15)19/h3-5,7-9,16H,2,6,10,19H2,1H3/t16-/m0/s1. The van der Waals surface area contributed by atoms with E-state index in [1.165, 1.54) is 11.1 Å². The van der Waals surface area contributed by atoms with Gasteiger partial charge in [-0.3, -0.25) is 0 Å². The lowest BCUT2D eigenvalue weighted by atomic mass is 10.1. The highest BCUT2D eigenvalue weighted by Gasteiger charge is 2.19. The van der Waals surface area contributed by atoms with Gasteiger partial charge in [-0.05, 0) is 54.3 Å². The highest BCUT2D eigenvalue weighted by atomic mass is 79.9. The molecule has 0 aliphatic heterocycles. The van der Waals surface area contributed by atoms with Crippen LogP contribution < -0.4 is 15.2 Å². The van der Waals surface area contributed by atoms with Gasteiger partial charge >= 0.3 is 0 Å². The number of rotatable bonds is 4. The maximum Gasteiger partial charge on any atom is 0.125 e. The molecule has 21 heavy (non-hydrogen) atoms. The van der Waals surface area contributed by atoms with E-state index in [1.807, 2.05) is 24.3 Å². The zero-order valence-corrected chi connectivity index (χ0v) is 13.5. The molecule has 3 nitrogen and oxygen atoms in total. The van der Waals surface area contributed by atoms with E-state index in [-0.39, 0.29) is 6.04 Å². The second-order valence-corrected chi connectivity index (χ2v) is 6.17. The number of methoxy groups -OCH3 is 1. The normalized spacial score (nSPS) is 16.6. The average Bonchev–Trinajstić information content (AvgIpc) is 2.86. The van der Waals surface area contributed by atoms with Gasteiger partial charge in [-0.1, -0.05) is 22.0 Å². The number of hydrogen-bond donors (Lipinski definition) is 1. The van der Waals surface area contributed by atoms with Crippen molar-refractivity contribution in [3.8, 4) is 11.5 Å². The molecule has 2 aromatic carbocycles. The van der Waals surface area contributed by atoms with Crippen LogP contribution in [0.5, 0.6) is 11.5 Å². The second kappa shape index (κ2) is 6.08. The molecular weight excluding hydrogens is 330 g/mol. The van der Waals surface area contributed by atoms with E-state index in [9.17, 15) is 0 Å². The molecule has 0 spiro atoms. The minimum atomic E-state index is 0.180. The number of hydrogen-bond acceptors (Lipinski definition) is 3. The van der Waals surface area contributed by atoms with E-state index < -0.39 is 0 Å². The summed E-state index contributed by atoms with van der Waals surface area (Å²) in [6.07, 6.45) is 2.06. The zero-order valence-electron chi connectivity index (χ0n) is 11.9. The Kier molecular flexibility index (Phi) is 4.17. The first-order chi connectivity index (χ1) is 10.2. The van der Waals surface area contributed by atoms with E-state index in [0.29, 0.717) is 6.61 Å². The molecule has 2 N–H and O–H groups in total. The van der Waals surface area contributed by atoms with Gasteiger partial charge in [0.15, 0.2) is 0 Å². The number of fused-ring (bicyclic) bond motifs is 1. The van der Waals surface area contributed by atoms with Crippen LogP contribution in [0.1, 0.15) is 29.2 Å². The predicted octanol–water partition coefficient (Wildman–Crippen LogP) is 3.98. The summed E-state index contributed by atoms with van der Waals surface area (Å²) in [4.78, 5) is 0. The van der Waals surface area contributed by atoms with Gasteiger partial charge in [0.05, 0.1) is 7.11 Å². The molecule has 2 aromatic rings. The summed E-state index contributed by atoms with van der Waals surface area (Å²) < 4.78 is 12.3. The summed E-state index contributed by atoms with van der Waals surface area (Å²) in [6, 6.07) is 12.3. The molecule has 1 atom stereocenters. The van der Waals surface area contributed by atoms with Crippen LogP contribution in [-0.2, 0) is 13.0 Å². The van der Waals surface area contributed by atoms with E-state index in [0.717, 1.165) is 34.4 Å². The molecule has 0 bridgehead atoms. The Hall–Kier alpha value is -1.52. The summed E-state index contributed by atoms with van der Waals surface area (Å²) in [6.45, 7) is 0.480. The molecule has 1 aliphatic rings. The van der Waals surface area contributed by atoms with E-state index in [2.05, 4.69) is 28.1 Å². The molecule has 3 rings (SSSR count). The molecule has 4 heteroatoms. The molecule has 0 amide bonds. The highest BCUT2D eigenvalue weighted by molar-refractivity contribution is 9.10. The first kappa shape index (κ1) is 14.4. The first-order valence-electron chi connectivity index (χ1n) is 7.01. The maximum absolute atomic E-state index is 6.05. The molecule has 0 saturated carbocycles. The Morgan fingerprint density at radius 1 is 1.24 bits per heavy atom. The number of ether oxygens (including phenoxy) is 2. The van der Waals surface area contributed by atoms with E-state index in [4.69, 9.17) is 15.2 Å². The fourth-order valence-electron chi connectivity index (χ4n) is 2.74. The minimum Gasteiger partial charge on any atom is -0.496 e. The second-order valence-electron chi connectivity index (χ2n) is 5.25. The van der Waals surface area contributed by atoms with Crippen molar-refractivity contribution in [1.29, 1.82) is 0 Å². The molecule has 110 valence electrons. The Morgan fingerprint density at radius 3 is 2.90 bits per heavy atom. The quantitative estimate of drug-likeness (QED) is 0.909. The van der Waals surface area contributed by atoms with E-state index >= 15 is 0 Å². The Morgan fingerprint density at radius 2 is 2.10 bits per heavy atom. The Balaban J connectivity index is 1.75. The fourth-order valence-corrected chi connectivity index (χ4v) is 3.15. The van der Waals surface area contributed by atoms with Crippen LogP contribution in [0.15, 0.2) is 40.9 Å². The predicted molar refractivity (Wildman–Crippen MR) is 86.7 cm³/mol. The van der Waals surface area contributed by atoms with Gasteiger partial charge in [0.1, 0.15) is 18.1 Å². The highest BCUT2D eigenvalue weighted by Crippen LogP contribution is 2.32. The van der Waals surface area contributed by atoms with Crippen molar-refractivity contribution in [3.63, 3.8) is 0 Å². The monoisotopic (exact) mass is 347 g/mol. The molecule has 0 heterocycles. The Labute approximate surface area is 133 Å². The lowest BCUT2D eigenvalue weighted by molar-refractivity contribution is 0.296. The van der Waals surface area contributed by atoms with Crippen LogP contribution in [0.2, 0.25) is 0 Å². The largest absolute Gasteiger partial charge is 0.496 e. The van der Waals surface area contributed by atoms with Crippen molar-refractivity contribution >= 4 is 15.9 Å². The third kappa shape index (κ3) is 3.06. The molecule has 0 saturated heterocycles. The molecule has 1 aliphatic carbocycles. The van der Waals surface area contributed by atoms with Crippen molar-refractivity contribution in [2.45, 2.75) is 25.5 Å². The van der Waals surface area contributed by atoms with Gasteiger partial charge in [0, 0.05) is 16.1 Å². The van der Waals surface area contributed by atoms with Crippen LogP contribution in [-0.4, -0.2) is 7.11 Å². The van der Waals surface area contributed by atoms with Gasteiger partial charge in [0.25, 0.3) is 0 Å². The third-order valence-corrected chi connectivity index (χ3v) is 4.37. The number of benzene rings is 2. The van der Waals surface area contributed by atoms with Crippen LogP contribution in [0.3, 0.4) is 0 Å². The molecular formula is C17H18BrNO2. The molecule has 0 radical (unpaired) electrons. The minimum absolute atomic E-state index is 0.180. The lowest BCUT2D eigenvalue weighted by Crippen LogP contribution is -2.05. The lowest BCUT2D eigenvalue weighted by Gasteiger charge is -2.12. The Bertz CT molecular complexity index is 657. The smallest absolute Gasteiger partial charge is 0.125 e. The van der Waals surface area contributed by atoms with Crippen LogP contribution in [0, 0.1) is 0 Å². The van der Waals surface area contributed by atoms with Crippen molar-refractivity contribution in [1.82, 2.24) is 0 Å². The fraction of sp³-hybridized carbons (Fsp3) is 0.294. The number of nitrogens with two attached hydrogens (primary N) is 1. The summed E-state index contributed by atoms with van der Waals surface area (Å²) in [5, 5.41) is 0. The van der Waals surface area contributed by atoms with E-state index in [1.54, 1.807) is 7.11 Å². The molecule has 0 unspecified atom stereocenters. The SMILES string of the molecule is COc1ccc(Br)cc1COc1ccc2c(c1)CC[C@@H]2N. The summed E-state index contributed by atoms with van der Waals surface area (Å²) in [5.41, 5.74) is 9.63. The first-order valence-corrected chi connectivity index (χ1v) is 7.80. The number of aryl methyl sites for hydroxylation is 1. The van der Waals surface area contributed by atoms with Crippen molar-refractivity contribution in [2.24, 2.45) is 5.73 Å². The van der Waals surface area contributed by atoms with Gasteiger partial charge in [-0.15, -0.1) is 0 Å². The molecule has 0 aromatic heterocycles. The van der Waals surface area contributed by atoms with Crippen molar-refractivity contribution in [2.75, 3.05) is 7.11 Å². The van der Waals surface area contributed by atoms with Crippen molar-refractivity contribution in [3.05, 3.63) is 57.6 Å². The zero-order chi connectivity index (χ0) is 14.8. The van der Waals surface area contributed by atoms with Crippen molar-refractivity contribution < 1.29 is 9.47 Å². The third-order valence-electron chi connectivity index (χ3n) is 3.88. The van der Waals surface area contributed by atoms with Gasteiger partial charge in [-0.2, -0.15) is 0 Å². The number of halogens is 1. The van der Waals surface area contributed by atoms with Crippen LogP contribution >= 0.6 is 15.9 Å². The van der Waals surface area contributed by atoms with Crippen LogP contribution in [0.4, 0.5) is 0 Å². The average molecular weight is 348 g/mol. The molecule has 0 fully saturated rings. The van der Waals surface area contributed by atoms with Gasteiger partial charge in [-0.25, -0.2) is 0 Å². The summed E-state index contributed by atoms with van der Waals surface area (Å²) in [5.74, 6) is 1.71. The topological polar surface area (TPSA) is 44.5 Å². The maximum atomic E-state index is 6.05. The summed E-state index contributed by atoms with van der Waals surface area (Å²) in [7, 11) is 1.67.